The van der Waals surface area contributed by atoms with E-state index in [0.29, 0.717) is 0 Å². The number of quaternary nitrogens is 1. The van der Waals surface area contributed by atoms with E-state index in [1.165, 1.54) is 70.6 Å². The van der Waals surface area contributed by atoms with E-state index in [-0.39, 0.29) is 4.65 Å². The lowest BCUT2D eigenvalue weighted by atomic mass is 10.1. The molecule has 0 unspecified atom stereocenters. The number of hydrogen-bond donors (Lipinski definition) is 1. The Kier molecular flexibility index (Phi) is 13.4. The highest BCUT2D eigenvalue weighted by Gasteiger charge is 2.08. The Morgan fingerprint density at radius 3 is 1.65 bits per heavy atom. The van der Waals surface area contributed by atoms with Crippen molar-refractivity contribution < 1.29 is 9.85 Å². The zero-order chi connectivity index (χ0) is 15.1. The largest absolute Gasteiger partial charge is 0.217 e. The fraction of sp³-hybridized carbons (Fsp3) is 0.889. The molecule has 2 heteroatoms. The van der Waals surface area contributed by atoms with E-state index in [2.05, 4.69) is 19.1 Å². The molecule has 0 radical (unpaired) electrons. The molecule has 0 aliphatic rings. The zero-order valence-corrected chi connectivity index (χ0v) is 14.2. The summed E-state index contributed by atoms with van der Waals surface area (Å²) in [7, 11) is 3.68. The first-order chi connectivity index (χ1) is 9.56. The molecular weight excluding hydrogens is 246 g/mol. The van der Waals surface area contributed by atoms with Gasteiger partial charge in [0.1, 0.15) is 6.54 Å². The summed E-state index contributed by atoms with van der Waals surface area (Å²) in [5.74, 6) is 0. The highest BCUT2D eigenvalue weighted by molar-refractivity contribution is 4.81. The molecule has 0 aromatic heterocycles. The molecule has 20 heavy (non-hydrogen) atoms. The van der Waals surface area contributed by atoms with Gasteiger partial charge in [-0.25, -0.2) is 5.21 Å². The van der Waals surface area contributed by atoms with Crippen molar-refractivity contribution in [1.29, 1.82) is 0 Å². The summed E-state index contributed by atoms with van der Waals surface area (Å²) in [6, 6.07) is 0. The second-order valence-corrected chi connectivity index (χ2v) is 6.58. The minimum Gasteiger partial charge on any atom is -0.217 e. The van der Waals surface area contributed by atoms with Crippen LogP contribution in [0.25, 0.3) is 0 Å². The third kappa shape index (κ3) is 17.7. The minimum atomic E-state index is 0.114. The van der Waals surface area contributed by atoms with Gasteiger partial charge in [0.15, 0.2) is 0 Å². The molecule has 0 saturated carbocycles. The summed E-state index contributed by atoms with van der Waals surface area (Å²) in [4.78, 5) is 0. The monoisotopic (exact) mass is 284 g/mol. The summed E-state index contributed by atoms with van der Waals surface area (Å²) >= 11 is 0. The lowest BCUT2D eigenvalue weighted by Crippen LogP contribution is -2.36. The van der Waals surface area contributed by atoms with Crippen LogP contribution >= 0.6 is 0 Å². The summed E-state index contributed by atoms with van der Waals surface area (Å²) in [5.41, 5.74) is 0. The Labute approximate surface area is 127 Å². The molecule has 0 saturated heterocycles. The van der Waals surface area contributed by atoms with Gasteiger partial charge in [0.25, 0.3) is 0 Å². The van der Waals surface area contributed by atoms with Gasteiger partial charge in [-0.2, -0.15) is 4.65 Å². The Balaban J connectivity index is 3.11. The van der Waals surface area contributed by atoms with Crippen LogP contribution in [0, 0.1) is 0 Å². The van der Waals surface area contributed by atoms with Crippen molar-refractivity contribution in [3.8, 4) is 0 Å². The molecular formula is C18H38NO+. The topological polar surface area (TPSA) is 20.2 Å². The SMILES string of the molecule is CCCCCCC=CCCCCCCCC[N+](C)(C)O. The molecule has 0 atom stereocenters. The lowest BCUT2D eigenvalue weighted by Gasteiger charge is -2.18. The molecule has 0 aromatic rings. The van der Waals surface area contributed by atoms with Crippen LogP contribution in [0.2, 0.25) is 0 Å². The molecule has 0 spiro atoms. The van der Waals surface area contributed by atoms with Crippen LogP contribution in [0.15, 0.2) is 12.2 Å². The van der Waals surface area contributed by atoms with E-state index in [1.54, 1.807) is 0 Å². The summed E-state index contributed by atoms with van der Waals surface area (Å²) < 4.78 is 0.114. The van der Waals surface area contributed by atoms with E-state index >= 15 is 0 Å². The first kappa shape index (κ1) is 19.7. The van der Waals surface area contributed by atoms with Crippen molar-refractivity contribution in [3.63, 3.8) is 0 Å². The Bertz CT molecular complexity index is 218. The number of unbranched alkanes of at least 4 members (excludes halogenated alkanes) is 10. The van der Waals surface area contributed by atoms with Crippen LogP contribution in [0.3, 0.4) is 0 Å². The lowest BCUT2D eigenvalue weighted by molar-refractivity contribution is -1.07. The van der Waals surface area contributed by atoms with Gasteiger partial charge in [0.05, 0.1) is 14.1 Å². The Morgan fingerprint density at radius 2 is 1.15 bits per heavy atom. The van der Waals surface area contributed by atoms with Gasteiger partial charge in [-0.1, -0.05) is 57.6 Å². The van der Waals surface area contributed by atoms with Gasteiger partial charge in [-0.05, 0) is 38.5 Å². The number of nitrogens with zero attached hydrogens (tertiary/aromatic N) is 1. The molecule has 0 aliphatic carbocycles. The van der Waals surface area contributed by atoms with E-state index in [0.717, 1.165) is 13.0 Å². The van der Waals surface area contributed by atoms with E-state index < -0.39 is 0 Å². The van der Waals surface area contributed by atoms with Crippen molar-refractivity contribution in [2.75, 3.05) is 20.6 Å². The number of allylic oxidation sites excluding steroid dienone is 2. The van der Waals surface area contributed by atoms with Gasteiger partial charge >= 0.3 is 0 Å². The summed E-state index contributed by atoms with van der Waals surface area (Å²) in [5, 5.41) is 9.54. The van der Waals surface area contributed by atoms with Crippen molar-refractivity contribution in [2.45, 2.75) is 84.0 Å². The molecule has 0 heterocycles. The second kappa shape index (κ2) is 13.6. The quantitative estimate of drug-likeness (QED) is 0.187. The molecule has 1 N–H and O–H groups in total. The predicted octanol–water partition coefficient (Wildman–Crippen LogP) is 5.71. The minimum absolute atomic E-state index is 0.114. The van der Waals surface area contributed by atoms with Gasteiger partial charge in [-0.3, -0.25) is 0 Å². The van der Waals surface area contributed by atoms with Crippen LogP contribution in [-0.2, 0) is 0 Å². The van der Waals surface area contributed by atoms with E-state index in [1.807, 2.05) is 14.1 Å². The van der Waals surface area contributed by atoms with E-state index in [9.17, 15) is 5.21 Å². The Morgan fingerprint density at radius 1 is 0.700 bits per heavy atom. The maximum atomic E-state index is 9.54. The van der Waals surface area contributed by atoms with Crippen LogP contribution in [-0.4, -0.2) is 30.5 Å². The summed E-state index contributed by atoms with van der Waals surface area (Å²) in [6.45, 7) is 3.14. The number of hydroxylamine groups is 3. The van der Waals surface area contributed by atoms with Crippen LogP contribution in [0.4, 0.5) is 0 Å². The van der Waals surface area contributed by atoms with Crippen LogP contribution < -0.4 is 0 Å². The van der Waals surface area contributed by atoms with Crippen molar-refractivity contribution in [3.05, 3.63) is 12.2 Å². The maximum absolute atomic E-state index is 9.54. The highest BCUT2D eigenvalue weighted by atomic mass is 16.5. The predicted molar refractivity (Wildman–Crippen MR) is 89.0 cm³/mol. The smallest absolute Gasteiger partial charge is 0.108 e. The summed E-state index contributed by atoms with van der Waals surface area (Å²) in [6.07, 6.45) is 20.5. The molecule has 0 amide bonds. The molecule has 0 aromatic carbocycles. The van der Waals surface area contributed by atoms with Crippen molar-refractivity contribution >= 4 is 0 Å². The van der Waals surface area contributed by atoms with Crippen molar-refractivity contribution in [2.24, 2.45) is 0 Å². The molecule has 2 nitrogen and oxygen atoms in total. The standard InChI is InChI=1S/C18H38NO/c1-4-5-6-7-8-9-10-11-12-13-14-15-16-17-18-19(2,3)20/h9-10,20H,4-8,11-18H2,1-3H3/q+1. The van der Waals surface area contributed by atoms with E-state index in [4.69, 9.17) is 0 Å². The maximum Gasteiger partial charge on any atom is 0.108 e. The fourth-order valence-corrected chi connectivity index (χ4v) is 2.39. The molecule has 120 valence electrons. The molecule has 0 bridgehead atoms. The van der Waals surface area contributed by atoms with Crippen molar-refractivity contribution in [1.82, 2.24) is 0 Å². The average molecular weight is 285 g/mol. The highest BCUT2D eigenvalue weighted by Crippen LogP contribution is 2.09. The molecule has 0 aliphatic heterocycles. The normalized spacial score (nSPS) is 12.4. The molecule has 0 rings (SSSR count). The first-order valence-corrected chi connectivity index (χ1v) is 8.77. The molecule has 0 fully saturated rings. The van der Waals surface area contributed by atoms with Gasteiger partial charge in [0.2, 0.25) is 0 Å². The first-order valence-electron chi connectivity index (χ1n) is 8.77. The fourth-order valence-electron chi connectivity index (χ4n) is 2.39. The second-order valence-electron chi connectivity index (χ2n) is 6.58. The zero-order valence-electron chi connectivity index (χ0n) is 14.2. The average Bonchev–Trinajstić information content (AvgIpc) is 2.38. The number of hydrogen-bond acceptors (Lipinski definition) is 1. The number of rotatable bonds is 14. The van der Waals surface area contributed by atoms with Gasteiger partial charge in [0, 0.05) is 0 Å². The van der Waals surface area contributed by atoms with Gasteiger partial charge < -0.3 is 0 Å². The third-order valence-corrected chi connectivity index (χ3v) is 3.72. The van der Waals surface area contributed by atoms with Crippen LogP contribution in [0.5, 0.6) is 0 Å². The third-order valence-electron chi connectivity index (χ3n) is 3.72. The van der Waals surface area contributed by atoms with Crippen LogP contribution in [0.1, 0.15) is 84.0 Å². The van der Waals surface area contributed by atoms with Gasteiger partial charge in [-0.15, -0.1) is 0 Å². The Hall–Kier alpha value is -0.340.